The first-order chi connectivity index (χ1) is 15.9. The van der Waals surface area contributed by atoms with Crippen molar-refractivity contribution < 1.29 is 0 Å². The fourth-order valence-electron chi connectivity index (χ4n) is 4.53. The smallest absolute Gasteiger partial charge is 0.234 e. The standard InChI is InChI=1S/C27H16N4S/c1-2-7-17(8-3-1)20-12-14-22-25(30-20)24-21(31(22)27-28-15-6-16-29-27)13-11-19-18-9-4-5-10-23(18)32-26(19)24/h1-16H. The number of aromatic nitrogens is 4. The molecule has 4 aromatic heterocycles. The molecule has 0 amide bonds. The Morgan fingerprint density at radius 3 is 2.31 bits per heavy atom. The Hall–Kier alpha value is -4.09. The monoisotopic (exact) mass is 428 g/mol. The van der Waals surface area contributed by atoms with Crippen LogP contribution in [0.2, 0.25) is 0 Å². The maximum absolute atomic E-state index is 5.17. The van der Waals surface area contributed by atoms with Crippen LogP contribution in [-0.2, 0) is 0 Å². The highest BCUT2D eigenvalue weighted by Gasteiger charge is 2.20. The van der Waals surface area contributed by atoms with E-state index < -0.39 is 0 Å². The summed E-state index contributed by atoms with van der Waals surface area (Å²) in [5.74, 6) is 0.655. The van der Waals surface area contributed by atoms with Gasteiger partial charge in [0.05, 0.1) is 22.2 Å². The van der Waals surface area contributed by atoms with Crippen LogP contribution in [0.4, 0.5) is 0 Å². The maximum Gasteiger partial charge on any atom is 0.234 e. The van der Waals surface area contributed by atoms with Crippen LogP contribution in [0.15, 0.2) is 97.3 Å². The lowest BCUT2D eigenvalue weighted by atomic mass is 10.1. The van der Waals surface area contributed by atoms with Crippen LogP contribution in [0.5, 0.6) is 0 Å². The minimum atomic E-state index is 0.655. The van der Waals surface area contributed by atoms with Crippen LogP contribution in [0.1, 0.15) is 0 Å². The van der Waals surface area contributed by atoms with Gasteiger partial charge in [-0.05, 0) is 30.3 Å². The van der Waals surface area contributed by atoms with E-state index in [-0.39, 0.29) is 0 Å². The minimum Gasteiger partial charge on any atom is -0.276 e. The number of nitrogens with zero attached hydrogens (tertiary/aromatic N) is 4. The van der Waals surface area contributed by atoms with Crippen molar-refractivity contribution in [3.05, 3.63) is 97.3 Å². The van der Waals surface area contributed by atoms with Crippen LogP contribution in [0.25, 0.3) is 59.3 Å². The Labute approximate surface area is 187 Å². The number of rotatable bonds is 2. The summed E-state index contributed by atoms with van der Waals surface area (Å²) in [4.78, 5) is 14.3. The van der Waals surface area contributed by atoms with E-state index in [2.05, 4.69) is 75.2 Å². The van der Waals surface area contributed by atoms with Crippen LogP contribution in [0, 0.1) is 0 Å². The highest BCUT2D eigenvalue weighted by molar-refractivity contribution is 7.26. The Bertz CT molecular complexity index is 1770. The molecule has 0 fully saturated rings. The van der Waals surface area contributed by atoms with Crippen molar-refractivity contribution in [1.82, 2.24) is 19.5 Å². The summed E-state index contributed by atoms with van der Waals surface area (Å²) in [6, 6.07) is 29.4. The zero-order valence-corrected chi connectivity index (χ0v) is 17.8. The summed E-state index contributed by atoms with van der Waals surface area (Å²) in [6.45, 7) is 0. The molecule has 32 heavy (non-hydrogen) atoms. The third kappa shape index (κ3) is 2.46. The summed E-state index contributed by atoms with van der Waals surface area (Å²) in [7, 11) is 0. The van der Waals surface area contributed by atoms with Gasteiger partial charge in [0, 0.05) is 43.5 Å². The number of fused-ring (bicyclic) bond motifs is 7. The maximum atomic E-state index is 5.17. The molecule has 4 nitrogen and oxygen atoms in total. The first-order valence-corrected chi connectivity index (χ1v) is 11.3. The lowest BCUT2D eigenvalue weighted by molar-refractivity contribution is 0.988. The molecule has 0 N–H and O–H groups in total. The van der Waals surface area contributed by atoms with E-state index in [1.54, 1.807) is 12.4 Å². The van der Waals surface area contributed by atoms with Crippen molar-refractivity contribution in [1.29, 1.82) is 0 Å². The Morgan fingerprint density at radius 1 is 0.656 bits per heavy atom. The van der Waals surface area contributed by atoms with E-state index in [0.29, 0.717) is 5.95 Å². The van der Waals surface area contributed by atoms with Crippen molar-refractivity contribution in [3.63, 3.8) is 0 Å². The second kappa shape index (κ2) is 6.70. The first-order valence-electron chi connectivity index (χ1n) is 10.5. The molecule has 7 aromatic rings. The molecule has 0 aliphatic heterocycles. The molecule has 0 radical (unpaired) electrons. The number of pyridine rings is 1. The fraction of sp³-hybridized carbons (Fsp3) is 0. The van der Waals surface area contributed by atoms with Gasteiger partial charge in [-0.2, -0.15) is 0 Å². The quantitative estimate of drug-likeness (QED) is 0.298. The number of thiophene rings is 1. The summed E-state index contributed by atoms with van der Waals surface area (Å²) in [5, 5.41) is 3.70. The number of hydrogen-bond acceptors (Lipinski definition) is 4. The average Bonchev–Trinajstić information content (AvgIpc) is 3.40. The zero-order valence-electron chi connectivity index (χ0n) is 16.9. The minimum absolute atomic E-state index is 0.655. The van der Waals surface area contributed by atoms with E-state index in [1.165, 1.54) is 20.2 Å². The molecule has 0 spiro atoms. The van der Waals surface area contributed by atoms with Crippen molar-refractivity contribution in [2.75, 3.05) is 0 Å². The second-order valence-corrected chi connectivity index (χ2v) is 8.80. The molecule has 0 unspecified atom stereocenters. The lowest BCUT2D eigenvalue weighted by Crippen LogP contribution is -1.99. The van der Waals surface area contributed by atoms with Crippen molar-refractivity contribution in [2.24, 2.45) is 0 Å². The predicted octanol–water partition coefficient (Wildman–Crippen LogP) is 7.00. The molecule has 0 bridgehead atoms. The molecular weight excluding hydrogens is 412 g/mol. The highest BCUT2D eigenvalue weighted by atomic mass is 32.1. The SMILES string of the molecule is c1ccc(-c2ccc3c(n2)c2c4sc5ccccc5c4ccc2n3-c2ncccn2)cc1. The van der Waals surface area contributed by atoms with Gasteiger partial charge >= 0.3 is 0 Å². The average molecular weight is 429 g/mol. The van der Waals surface area contributed by atoms with Gasteiger partial charge in [0.15, 0.2) is 0 Å². The molecule has 150 valence electrons. The number of hydrogen-bond donors (Lipinski definition) is 0. The van der Waals surface area contributed by atoms with Gasteiger partial charge in [0.25, 0.3) is 0 Å². The van der Waals surface area contributed by atoms with Crippen molar-refractivity contribution in [3.8, 4) is 17.2 Å². The molecule has 0 atom stereocenters. The topological polar surface area (TPSA) is 43.6 Å². The summed E-state index contributed by atoms with van der Waals surface area (Å²) in [6.07, 6.45) is 3.56. The fourth-order valence-corrected chi connectivity index (χ4v) is 5.78. The lowest BCUT2D eigenvalue weighted by Gasteiger charge is -2.05. The zero-order chi connectivity index (χ0) is 21.1. The largest absolute Gasteiger partial charge is 0.276 e. The summed E-state index contributed by atoms with van der Waals surface area (Å²) in [5.41, 5.74) is 5.13. The van der Waals surface area contributed by atoms with Gasteiger partial charge in [-0.15, -0.1) is 11.3 Å². The summed E-state index contributed by atoms with van der Waals surface area (Å²) >= 11 is 1.82. The Morgan fingerprint density at radius 2 is 1.44 bits per heavy atom. The Balaban J connectivity index is 1.68. The van der Waals surface area contributed by atoms with E-state index in [9.17, 15) is 0 Å². The van der Waals surface area contributed by atoms with Gasteiger partial charge in [0.2, 0.25) is 5.95 Å². The molecule has 0 saturated carbocycles. The molecule has 7 rings (SSSR count). The van der Waals surface area contributed by atoms with Crippen LogP contribution in [-0.4, -0.2) is 19.5 Å². The Kier molecular flexibility index (Phi) is 3.68. The van der Waals surface area contributed by atoms with Gasteiger partial charge < -0.3 is 0 Å². The van der Waals surface area contributed by atoms with E-state index in [0.717, 1.165) is 33.2 Å². The molecule has 0 aliphatic rings. The molecule has 0 aliphatic carbocycles. The van der Waals surface area contributed by atoms with Crippen LogP contribution < -0.4 is 0 Å². The molecule has 5 heteroatoms. The second-order valence-electron chi connectivity index (χ2n) is 7.75. The third-order valence-electron chi connectivity index (χ3n) is 5.94. The van der Waals surface area contributed by atoms with Crippen molar-refractivity contribution >= 4 is 53.4 Å². The molecule has 0 saturated heterocycles. The highest BCUT2D eigenvalue weighted by Crippen LogP contribution is 2.42. The third-order valence-corrected chi connectivity index (χ3v) is 7.14. The van der Waals surface area contributed by atoms with E-state index >= 15 is 0 Å². The summed E-state index contributed by atoms with van der Waals surface area (Å²) < 4.78 is 4.66. The number of benzene rings is 3. The van der Waals surface area contributed by atoms with Gasteiger partial charge in [-0.25, -0.2) is 15.0 Å². The van der Waals surface area contributed by atoms with Crippen LogP contribution >= 0.6 is 11.3 Å². The van der Waals surface area contributed by atoms with Crippen molar-refractivity contribution in [2.45, 2.75) is 0 Å². The van der Waals surface area contributed by atoms with E-state index in [1.807, 2.05) is 35.6 Å². The van der Waals surface area contributed by atoms with Crippen LogP contribution in [0.3, 0.4) is 0 Å². The van der Waals surface area contributed by atoms with Gasteiger partial charge in [-0.3, -0.25) is 4.57 Å². The van der Waals surface area contributed by atoms with Gasteiger partial charge in [-0.1, -0.05) is 54.6 Å². The molecule has 3 aromatic carbocycles. The predicted molar refractivity (Wildman–Crippen MR) is 132 cm³/mol. The molecule has 4 heterocycles. The van der Waals surface area contributed by atoms with Gasteiger partial charge in [0.1, 0.15) is 0 Å². The van der Waals surface area contributed by atoms with E-state index in [4.69, 9.17) is 4.98 Å². The first kappa shape index (κ1) is 17.6. The molecular formula is C27H16N4S. The normalized spacial score (nSPS) is 11.8.